The molecule has 3 aromatic rings. The molecule has 10 heteroatoms. The fraction of sp³-hybridized carbons (Fsp3) is 0.318. The predicted molar refractivity (Wildman–Crippen MR) is 111 cm³/mol. The van der Waals surface area contributed by atoms with Gasteiger partial charge < -0.3 is 44.5 Å². The average molecular weight is 446 g/mol. The van der Waals surface area contributed by atoms with Crippen molar-refractivity contribution in [1.29, 1.82) is 0 Å². The van der Waals surface area contributed by atoms with E-state index in [2.05, 4.69) is 0 Å². The number of hydrogen-bond acceptors (Lipinski definition) is 10. The molecule has 0 spiro atoms. The van der Waals surface area contributed by atoms with Crippen molar-refractivity contribution in [2.45, 2.75) is 30.5 Å². The number of aliphatic hydroxyl groups is 4. The lowest BCUT2D eigenvalue weighted by atomic mass is 9.89. The maximum Gasteiger partial charge on any atom is 0.200 e. The van der Waals surface area contributed by atoms with Gasteiger partial charge in [-0.2, -0.15) is 0 Å². The third kappa shape index (κ3) is 3.48. The Morgan fingerprint density at radius 1 is 1.00 bits per heavy atom. The van der Waals surface area contributed by atoms with Gasteiger partial charge in [-0.15, -0.1) is 0 Å². The Morgan fingerprint density at radius 3 is 2.41 bits per heavy atom. The highest BCUT2D eigenvalue weighted by atomic mass is 16.5. The molecule has 6 N–H and O–H groups in total. The number of ether oxygens (including phenoxy) is 2. The molecular weight excluding hydrogens is 424 g/mol. The number of phenolic OH excluding ortho intramolecular Hbond substituents is 2. The van der Waals surface area contributed by atoms with Crippen molar-refractivity contribution in [3.63, 3.8) is 0 Å². The minimum atomic E-state index is -1.67. The molecular formula is C22H22O10. The second kappa shape index (κ2) is 8.41. The number of aromatic hydroxyl groups is 2. The molecule has 4 rings (SSSR count). The van der Waals surface area contributed by atoms with Crippen LogP contribution >= 0.6 is 0 Å². The third-order valence-corrected chi connectivity index (χ3v) is 5.62. The number of hydrogen-bond donors (Lipinski definition) is 6. The van der Waals surface area contributed by atoms with E-state index in [0.29, 0.717) is 5.56 Å². The number of aliphatic hydroxyl groups excluding tert-OH is 4. The molecule has 2 heterocycles. The highest BCUT2D eigenvalue weighted by molar-refractivity contribution is 5.86. The first-order valence-corrected chi connectivity index (χ1v) is 9.73. The predicted octanol–water partition coefficient (Wildman–Crippen LogP) is 0.395. The standard InChI is InChI=1S/C22H22O10/c1-30-14-6-9(2-4-12(14)24)11-8-31-21-10(17(11)26)3-5-13(25)16(21)22-20(29)19(28)18(27)15(7-23)32-22/h2-6,8,15,18-20,22-25,27-29H,7H2,1H3/t15-,18-,19?,20-,22?/m1/s1. The Morgan fingerprint density at radius 2 is 1.72 bits per heavy atom. The largest absolute Gasteiger partial charge is 0.507 e. The lowest BCUT2D eigenvalue weighted by Crippen LogP contribution is -2.55. The molecule has 0 aliphatic carbocycles. The van der Waals surface area contributed by atoms with Crippen LogP contribution in [0.25, 0.3) is 22.1 Å². The fourth-order valence-corrected chi connectivity index (χ4v) is 3.87. The molecule has 1 aliphatic rings. The monoisotopic (exact) mass is 446 g/mol. The van der Waals surface area contributed by atoms with Crippen LogP contribution in [0.1, 0.15) is 11.7 Å². The van der Waals surface area contributed by atoms with Crippen LogP contribution in [-0.4, -0.2) is 68.8 Å². The molecule has 10 nitrogen and oxygen atoms in total. The normalized spacial score (nSPS) is 25.7. The van der Waals surface area contributed by atoms with Crippen LogP contribution in [0.2, 0.25) is 0 Å². The van der Waals surface area contributed by atoms with E-state index >= 15 is 0 Å². The molecule has 0 radical (unpaired) electrons. The minimum absolute atomic E-state index is 0.0549. The van der Waals surface area contributed by atoms with Crippen LogP contribution in [0.3, 0.4) is 0 Å². The zero-order chi connectivity index (χ0) is 23.2. The highest BCUT2D eigenvalue weighted by Crippen LogP contribution is 2.40. The van der Waals surface area contributed by atoms with Crippen molar-refractivity contribution in [3.05, 3.63) is 52.4 Å². The van der Waals surface area contributed by atoms with Crippen molar-refractivity contribution < 1.29 is 44.5 Å². The molecule has 2 aromatic carbocycles. The van der Waals surface area contributed by atoms with Gasteiger partial charge in [-0.3, -0.25) is 4.79 Å². The van der Waals surface area contributed by atoms with Crippen molar-refractivity contribution in [2.24, 2.45) is 0 Å². The van der Waals surface area contributed by atoms with Gasteiger partial charge >= 0.3 is 0 Å². The first kappa shape index (κ1) is 22.1. The van der Waals surface area contributed by atoms with Crippen molar-refractivity contribution in [2.75, 3.05) is 13.7 Å². The molecule has 0 bridgehead atoms. The second-order valence-electron chi connectivity index (χ2n) is 7.49. The number of methoxy groups -OCH3 is 1. The van der Waals surface area contributed by atoms with Gasteiger partial charge in [-0.05, 0) is 29.8 Å². The molecule has 32 heavy (non-hydrogen) atoms. The number of benzene rings is 2. The van der Waals surface area contributed by atoms with Gasteiger partial charge in [0.25, 0.3) is 0 Å². The van der Waals surface area contributed by atoms with E-state index in [1.807, 2.05) is 0 Å². The first-order chi connectivity index (χ1) is 15.3. The Bertz CT molecular complexity index is 1200. The summed E-state index contributed by atoms with van der Waals surface area (Å²) in [6.45, 7) is -0.649. The SMILES string of the molecule is COc1cc(-c2coc3c(C4O[C@H](CO)[C@@H](O)C(O)[C@H]4O)c(O)ccc3c2=O)ccc1O. The summed E-state index contributed by atoms with van der Waals surface area (Å²) in [4.78, 5) is 13.2. The lowest BCUT2D eigenvalue weighted by molar-refractivity contribution is -0.231. The maximum absolute atomic E-state index is 13.2. The van der Waals surface area contributed by atoms with Crippen LogP contribution in [0.4, 0.5) is 0 Å². The van der Waals surface area contributed by atoms with Gasteiger partial charge in [0.1, 0.15) is 48.1 Å². The molecule has 0 saturated carbocycles. The topological polar surface area (TPSA) is 170 Å². The summed E-state index contributed by atoms with van der Waals surface area (Å²) in [6, 6.07) is 6.90. The molecule has 2 unspecified atom stereocenters. The second-order valence-corrected chi connectivity index (χ2v) is 7.49. The zero-order valence-corrected chi connectivity index (χ0v) is 16.9. The van der Waals surface area contributed by atoms with Gasteiger partial charge in [-0.25, -0.2) is 0 Å². The quantitative estimate of drug-likeness (QED) is 0.330. The van der Waals surface area contributed by atoms with Gasteiger partial charge in [0.2, 0.25) is 5.43 Å². The first-order valence-electron chi connectivity index (χ1n) is 9.73. The third-order valence-electron chi connectivity index (χ3n) is 5.62. The van der Waals surface area contributed by atoms with E-state index in [4.69, 9.17) is 13.9 Å². The van der Waals surface area contributed by atoms with Gasteiger partial charge in [-0.1, -0.05) is 6.07 Å². The summed E-state index contributed by atoms with van der Waals surface area (Å²) < 4.78 is 16.3. The smallest absolute Gasteiger partial charge is 0.200 e. The molecule has 170 valence electrons. The van der Waals surface area contributed by atoms with Gasteiger partial charge in [0.05, 0.1) is 30.2 Å². The maximum atomic E-state index is 13.2. The zero-order valence-electron chi connectivity index (χ0n) is 16.9. The number of phenols is 2. The molecule has 1 aromatic heterocycles. The van der Waals surface area contributed by atoms with E-state index in [1.54, 1.807) is 0 Å². The van der Waals surface area contributed by atoms with Gasteiger partial charge in [0, 0.05) is 0 Å². The van der Waals surface area contributed by atoms with E-state index in [0.717, 1.165) is 6.26 Å². The summed E-state index contributed by atoms with van der Waals surface area (Å²) in [5, 5.41) is 60.3. The van der Waals surface area contributed by atoms with Crippen LogP contribution in [0.5, 0.6) is 17.2 Å². The van der Waals surface area contributed by atoms with E-state index < -0.39 is 42.6 Å². The summed E-state index contributed by atoms with van der Waals surface area (Å²) in [5.74, 6) is -0.310. The summed E-state index contributed by atoms with van der Waals surface area (Å²) in [7, 11) is 1.37. The summed E-state index contributed by atoms with van der Waals surface area (Å²) in [5.41, 5.74) is -0.0935. The molecule has 1 saturated heterocycles. The summed E-state index contributed by atoms with van der Waals surface area (Å²) >= 11 is 0. The Kier molecular flexibility index (Phi) is 5.80. The van der Waals surface area contributed by atoms with Gasteiger partial charge in [0.15, 0.2) is 11.5 Å². The Balaban J connectivity index is 1.87. The van der Waals surface area contributed by atoms with Crippen LogP contribution in [0, 0.1) is 0 Å². The van der Waals surface area contributed by atoms with Crippen molar-refractivity contribution in [1.82, 2.24) is 0 Å². The van der Waals surface area contributed by atoms with Crippen LogP contribution < -0.4 is 10.2 Å². The van der Waals surface area contributed by atoms with E-state index in [9.17, 15) is 35.4 Å². The van der Waals surface area contributed by atoms with Crippen LogP contribution in [-0.2, 0) is 4.74 Å². The van der Waals surface area contributed by atoms with E-state index in [-0.39, 0.29) is 39.3 Å². The fourth-order valence-electron chi connectivity index (χ4n) is 3.87. The highest BCUT2D eigenvalue weighted by Gasteiger charge is 2.45. The summed E-state index contributed by atoms with van der Waals surface area (Å²) in [6.07, 6.45) is -6.36. The number of fused-ring (bicyclic) bond motifs is 1. The minimum Gasteiger partial charge on any atom is -0.507 e. The Labute approximate surface area is 181 Å². The number of rotatable bonds is 4. The van der Waals surface area contributed by atoms with Crippen molar-refractivity contribution >= 4 is 11.0 Å². The van der Waals surface area contributed by atoms with Crippen molar-refractivity contribution in [3.8, 4) is 28.4 Å². The molecule has 5 atom stereocenters. The average Bonchev–Trinajstić information content (AvgIpc) is 2.79. The van der Waals surface area contributed by atoms with E-state index in [1.165, 1.54) is 37.4 Å². The lowest BCUT2D eigenvalue weighted by Gasteiger charge is -2.40. The molecule has 1 aliphatic heterocycles. The Hall–Kier alpha value is -3.15. The molecule has 0 amide bonds. The molecule has 1 fully saturated rings. The van der Waals surface area contributed by atoms with Crippen LogP contribution in [0.15, 0.2) is 45.8 Å².